The Morgan fingerprint density at radius 1 is 1.12 bits per heavy atom. The second-order valence-corrected chi connectivity index (χ2v) is 9.10. The number of primary amides is 1. The first-order valence-corrected chi connectivity index (χ1v) is 11.3. The number of aromatic nitrogens is 1. The van der Waals surface area contributed by atoms with Crippen LogP contribution in [0.4, 0.5) is 18.9 Å². The van der Waals surface area contributed by atoms with Gasteiger partial charge in [0, 0.05) is 34.8 Å². The van der Waals surface area contributed by atoms with Crippen molar-refractivity contribution in [1.82, 2.24) is 9.88 Å². The van der Waals surface area contributed by atoms with Gasteiger partial charge >= 0.3 is 6.18 Å². The lowest BCUT2D eigenvalue weighted by Crippen LogP contribution is -2.36. The van der Waals surface area contributed by atoms with Crippen LogP contribution in [0.3, 0.4) is 0 Å². The zero-order valence-corrected chi connectivity index (χ0v) is 18.7. The van der Waals surface area contributed by atoms with Crippen molar-refractivity contribution in [3.8, 4) is 22.5 Å². The van der Waals surface area contributed by atoms with Crippen molar-refractivity contribution >= 4 is 11.6 Å². The summed E-state index contributed by atoms with van der Waals surface area (Å²) in [4.78, 5) is 19.3. The molecule has 5 nitrogen and oxygen atoms in total. The molecule has 0 spiro atoms. The summed E-state index contributed by atoms with van der Waals surface area (Å²) >= 11 is 0. The van der Waals surface area contributed by atoms with E-state index >= 15 is 0 Å². The number of anilines is 1. The molecule has 1 aromatic heterocycles. The van der Waals surface area contributed by atoms with Gasteiger partial charge in [-0.25, -0.2) is 4.98 Å². The minimum Gasteiger partial charge on any atom is -0.382 e. The number of hydrogen-bond donors (Lipinski definition) is 2. The van der Waals surface area contributed by atoms with Gasteiger partial charge in [-0.2, -0.15) is 13.2 Å². The number of nitrogens with one attached hydrogen (secondary N) is 1. The Morgan fingerprint density at radius 3 is 2.59 bits per heavy atom. The fourth-order valence-electron chi connectivity index (χ4n) is 4.84. The number of carbonyl (C=O) groups is 1. The standard InChI is InChI=1S/C26H25F3N4O/c1-33-9-7-18(8-10-33)31-19-5-6-20-16(12-19)13-21-22(25(30)34)14-23(32-24(20)21)15-3-2-4-17(11-15)26(27,28)29/h2-6,11-12,14,18,31H,7-10,13H2,1H3,(H2,30,34). The number of alkyl halides is 3. The summed E-state index contributed by atoms with van der Waals surface area (Å²) in [6.45, 7) is 2.11. The molecule has 1 aliphatic carbocycles. The third-order valence-corrected chi connectivity index (χ3v) is 6.69. The first-order chi connectivity index (χ1) is 16.2. The molecular formula is C26H25F3N4O. The fourth-order valence-corrected chi connectivity index (χ4v) is 4.84. The van der Waals surface area contributed by atoms with Crippen molar-refractivity contribution in [1.29, 1.82) is 0 Å². The normalized spacial score (nSPS) is 16.2. The van der Waals surface area contributed by atoms with Crippen molar-refractivity contribution in [3.63, 3.8) is 0 Å². The largest absolute Gasteiger partial charge is 0.416 e. The van der Waals surface area contributed by atoms with Gasteiger partial charge in [-0.1, -0.05) is 18.2 Å². The van der Waals surface area contributed by atoms with Crippen LogP contribution >= 0.6 is 0 Å². The topological polar surface area (TPSA) is 71.2 Å². The average molecular weight is 467 g/mol. The van der Waals surface area contributed by atoms with Crippen LogP contribution < -0.4 is 11.1 Å². The number of pyridine rings is 1. The lowest BCUT2D eigenvalue weighted by molar-refractivity contribution is -0.137. The number of piperidine rings is 1. The van der Waals surface area contributed by atoms with Crippen LogP contribution in [0.15, 0.2) is 48.5 Å². The van der Waals surface area contributed by atoms with Gasteiger partial charge in [-0.15, -0.1) is 0 Å². The summed E-state index contributed by atoms with van der Waals surface area (Å²) in [5.41, 5.74) is 10.00. The monoisotopic (exact) mass is 466 g/mol. The van der Waals surface area contributed by atoms with Gasteiger partial charge < -0.3 is 16.0 Å². The van der Waals surface area contributed by atoms with E-state index in [0.29, 0.717) is 29.4 Å². The molecule has 1 amide bonds. The summed E-state index contributed by atoms with van der Waals surface area (Å²) < 4.78 is 39.7. The maximum atomic E-state index is 13.2. The summed E-state index contributed by atoms with van der Waals surface area (Å²) in [6.07, 6.45) is -1.83. The van der Waals surface area contributed by atoms with Crippen LogP contribution in [0.25, 0.3) is 22.5 Å². The van der Waals surface area contributed by atoms with Gasteiger partial charge in [0.25, 0.3) is 0 Å². The molecule has 0 bridgehead atoms. The zero-order valence-electron chi connectivity index (χ0n) is 18.7. The third-order valence-electron chi connectivity index (χ3n) is 6.69. The van der Waals surface area contributed by atoms with E-state index in [1.54, 1.807) is 6.07 Å². The third kappa shape index (κ3) is 4.25. The Labute approximate surface area is 195 Å². The Balaban J connectivity index is 1.51. The second kappa shape index (κ2) is 8.43. The molecule has 3 aromatic rings. The number of hydrogen-bond acceptors (Lipinski definition) is 4. The number of rotatable bonds is 4. The highest BCUT2D eigenvalue weighted by Gasteiger charge is 2.31. The summed E-state index contributed by atoms with van der Waals surface area (Å²) in [6, 6.07) is 12.9. The summed E-state index contributed by atoms with van der Waals surface area (Å²) in [5.74, 6) is -0.621. The Hall–Kier alpha value is -3.39. The quantitative estimate of drug-likeness (QED) is 0.447. The van der Waals surface area contributed by atoms with E-state index in [1.165, 1.54) is 12.1 Å². The first-order valence-electron chi connectivity index (χ1n) is 11.3. The zero-order chi connectivity index (χ0) is 24.0. The van der Waals surface area contributed by atoms with Crippen molar-refractivity contribution in [3.05, 3.63) is 70.8 Å². The maximum absolute atomic E-state index is 13.2. The molecular weight excluding hydrogens is 441 g/mol. The van der Waals surface area contributed by atoms with E-state index < -0.39 is 17.6 Å². The molecule has 2 aromatic carbocycles. The van der Waals surface area contributed by atoms with Gasteiger partial charge in [0.15, 0.2) is 0 Å². The van der Waals surface area contributed by atoms with Gasteiger partial charge in [-0.3, -0.25) is 4.79 Å². The molecule has 0 atom stereocenters. The van der Waals surface area contributed by atoms with E-state index in [-0.39, 0.29) is 5.56 Å². The average Bonchev–Trinajstić information content (AvgIpc) is 3.17. The Bertz CT molecular complexity index is 1260. The molecule has 8 heteroatoms. The summed E-state index contributed by atoms with van der Waals surface area (Å²) in [7, 11) is 2.12. The van der Waals surface area contributed by atoms with E-state index in [0.717, 1.165) is 60.4 Å². The first kappa shape index (κ1) is 22.4. The fraction of sp³-hybridized carbons (Fsp3) is 0.308. The van der Waals surface area contributed by atoms with Gasteiger partial charge in [0.1, 0.15) is 0 Å². The predicted octanol–water partition coefficient (Wildman–Crippen LogP) is 4.94. The van der Waals surface area contributed by atoms with E-state index in [2.05, 4.69) is 28.3 Å². The highest BCUT2D eigenvalue weighted by Crippen LogP contribution is 2.41. The van der Waals surface area contributed by atoms with Crippen LogP contribution in [-0.4, -0.2) is 42.0 Å². The van der Waals surface area contributed by atoms with Crippen molar-refractivity contribution in [2.45, 2.75) is 31.5 Å². The highest BCUT2D eigenvalue weighted by molar-refractivity contribution is 5.98. The van der Waals surface area contributed by atoms with Crippen molar-refractivity contribution in [2.75, 3.05) is 25.5 Å². The number of nitrogens with zero attached hydrogens (tertiary/aromatic N) is 2. The molecule has 1 saturated heterocycles. The second-order valence-electron chi connectivity index (χ2n) is 9.10. The number of fused-ring (bicyclic) bond motifs is 3. The Morgan fingerprint density at radius 2 is 1.88 bits per heavy atom. The minimum atomic E-state index is -4.47. The van der Waals surface area contributed by atoms with E-state index in [1.807, 2.05) is 12.1 Å². The number of halogens is 3. The number of nitrogens with two attached hydrogens (primary N) is 1. The molecule has 0 radical (unpaired) electrons. The molecule has 3 N–H and O–H groups in total. The highest BCUT2D eigenvalue weighted by atomic mass is 19.4. The van der Waals surface area contributed by atoms with Crippen LogP contribution in [0, 0.1) is 0 Å². The van der Waals surface area contributed by atoms with Gasteiger partial charge in [-0.05, 0) is 74.4 Å². The van der Waals surface area contributed by atoms with Crippen LogP contribution in [-0.2, 0) is 12.6 Å². The molecule has 5 rings (SSSR count). The van der Waals surface area contributed by atoms with E-state index in [4.69, 9.17) is 5.73 Å². The SMILES string of the molecule is CN1CCC(Nc2ccc3c(c2)Cc2c(C(N)=O)cc(-c4cccc(C(F)(F)F)c4)nc2-3)CC1. The van der Waals surface area contributed by atoms with Crippen LogP contribution in [0.5, 0.6) is 0 Å². The summed E-state index contributed by atoms with van der Waals surface area (Å²) in [5, 5.41) is 3.61. The maximum Gasteiger partial charge on any atom is 0.416 e. The minimum absolute atomic E-state index is 0.286. The number of benzene rings is 2. The predicted molar refractivity (Wildman–Crippen MR) is 126 cm³/mol. The lowest BCUT2D eigenvalue weighted by atomic mass is 10.0. The number of likely N-dealkylation sites (tertiary alicyclic amines) is 1. The number of amides is 1. The number of carbonyl (C=O) groups excluding carboxylic acids is 1. The molecule has 1 aliphatic heterocycles. The van der Waals surface area contributed by atoms with Gasteiger partial charge in [0.05, 0.1) is 17.0 Å². The molecule has 0 saturated carbocycles. The molecule has 2 aliphatic rings. The molecule has 1 fully saturated rings. The molecule has 0 unspecified atom stereocenters. The molecule has 34 heavy (non-hydrogen) atoms. The van der Waals surface area contributed by atoms with E-state index in [9.17, 15) is 18.0 Å². The van der Waals surface area contributed by atoms with Crippen molar-refractivity contribution < 1.29 is 18.0 Å². The smallest absolute Gasteiger partial charge is 0.382 e. The van der Waals surface area contributed by atoms with Crippen molar-refractivity contribution in [2.24, 2.45) is 5.73 Å². The molecule has 2 heterocycles. The van der Waals surface area contributed by atoms with Crippen LogP contribution in [0.2, 0.25) is 0 Å². The molecule has 176 valence electrons. The van der Waals surface area contributed by atoms with Crippen LogP contribution in [0.1, 0.15) is 39.9 Å². The van der Waals surface area contributed by atoms with Gasteiger partial charge in [0.2, 0.25) is 5.91 Å². The Kier molecular flexibility index (Phi) is 5.56. The lowest BCUT2D eigenvalue weighted by Gasteiger charge is -2.30.